The van der Waals surface area contributed by atoms with Gasteiger partial charge in [-0.05, 0) is 50.2 Å². The van der Waals surface area contributed by atoms with Crippen molar-refractivity contribution in [2.24, 2.45) is 0 Å². The summed E-state index contributed by atoms with van der Waals surface area (Å²) in [6.07, 6.45) is 6.34. The van der Waals surface area contributed by atoms with E-state index < -0.39 is 0 Å². The van der Waals surface area contributed by atoms with E-state index in [1.807, 2.05) is 24.3 Å². The van der Waals surface area contributed by atoms with E-state index in [2.05, 4.69) is 33.5 Å². The fourth-order valence-corrected chi connectivity index (χ4v) is 3.22. The van der Waals surface area contributed by atoms with Crippen LogP contribution in [0.4, 0.5) is 5.69 Å². The third kappa shape index (κ3) is 3.95. The summed E-state index contributed by atoms with van der Waals surface area (Å²) in [6.45, 7) is 2.26. The number of thiocarbonyl (C=S) groups is 1. The minimum absolute atomic E-state index is 0.161. The quantitative estimate of drug-likeness (QED) is 0.784. The van der Waals surface area contributed by atoms with Crippen molar-refractivity contribution < 1.29 is 0 Å². The third-order valence-corrected chi connectivity index (χ3v) is 4.15. The van der Waals surface area contributed by atoms with Gasteiger partial charge >= 0.3 is 0 Å². The average Bonchev–Trinajstić information content (AvgIpc) is 2.28. The molecule has 0 aromatic heterocycles. The van der Waals surface area contributed by atoms with E-state index in [1.54, 1.807) is 0 Å². The van der Waals surface area contributed by atoms with Crippen LogP contribution in [0.1, 0.15) is 39.0 Å². The number of halogens is 1. The van der Waals surface area contributed by atoms with E-state index in [-0.39, 0.29) is 5.54 Å². The van der Waals surface area contributed by atoms with Gasteiger partial charge in [-0.25, -0.2) is 0 Å². The van der Waals surface area contributed by atoms with Crippen molar-refractivity contribution in [3.8, 4) is 0 Å². The molecule has 0 heterocycles. The van der Waals surface area contributed by atoms with Gasteiger partial charge in [-0.2, -0.15) is 0 Å². The van der Waals surface area contributed by atoms with E-state index in [0.717, 1.165) is 15.3 Å². The zero-order chi connectivity index (χ0) is 13.0. The molecule has 0 spiro atoms. The molecule has 2 N–H and O–H groups in total. The molecule has 0 bridgehead atoms. The Labute approximate surface area is 123 Å². The molecule has 0 radical (unpaired) electrons. The summed E-state index contributed by atoms with van der Waals surface area (Å²) < 4.78 is 1.05. The fraction of sp³-hybridized carbons (Fsp3) is 0.500. The second-order valence-corrected chi connectivity index (χ2v) is 6.53. The summed E-state index contributed by atoms with van der Waals surface area (Å²) in [5.41, 5.74) is 1.18. The predicted octanol–water partition coefficient (Wildman–Crippen LogP) is 4.46. The first kappa shape index (κ1) is 13.8. The highest BCUT2D eigenvalue weighted by Gasteiger charge is 2.27. The molecule has 2 rings (SSSR count). The van der Waals surface area contributed by atoms with Gasteiger partial charge in [0.25, 0.3) is 0 Å². The number of hydrogen-bond acceptors (Lipinski definition) is 1. The molecule has 1 aliphatic rings. The van der Waals surface area contributed by atoms with E-state index in [4.69, 9.17) is 12.2 Å². The molecule has 98 valence electrons. The SMILES string of the molecule is CC1(NC(=S)Nc2cccc(Br)c2)CCCCC1. The molecule has 1 fully saturated rings. The van der Waals surface area contributed by atoms with Crippen LogP contribution in [0.3, 0.4) is 0 Å². The van der Waals surface area contributed by atoms with Crippen LogP contribution in [0.5, 0.6) is 0 Å². The van der Waals surface area contributed by atoms with Crippen molar-refractivity contribution in [1.29, 1.82) is 0 Å². The Morgan fingerprint density at radius 2 is 2.00 bits per heavy atom. The van der Waals surface area contributed by atoms with Crippen molar-refractivity contribution in [2.45, 2.75) is 44.6 Å². The van der Waals surface area contributed by atoms with Gasteiger partial charge in [0, 0.05) is 15.7 Å². The van der Waals surface area contributed by atoms with Crippen LogP contribution in [0.2, 0.25) is 0 Å². The van der Waals surface area contributed by atoms with Crippen molar-refractivity contribution in [3.05, 3.63) is 28.7 Å². The van der Waals surface area contributed by atoms with Gasteiger partial charge < -0.3 is 10.6 Å². The molecule has 0 amide bonds. The lowest BCUT2D eigenvalue weighted by atomic mass is 9.83. The van der Waals surface area contributed by atoms with Crippen molar-refractivity contribution >= 4 is 38.9 Å². The maximum absolute atomic E-state index is 5.39. The lowest BCUT2D eigenvalue weighted by Crippen LogP contribution is -2.48. The highest BCUT2D eigenvalue weighted by atomic mass is 79.9. The van der Waals surface area contributed by atoms with Gasteiger partial charge in [-0.1, -0.05) is 41.3 Å². The summed E-state index contributed by atoms with van der Waals surface area (Å²) >= 11 is 8.85. The van der Waals surface area contributed by atoms with Crippen LogP contribution >= 0.6 is 28.1 Å². The number of nitrogens with one attached hydrogen (secondary N) is 2. The Morgan fingerprint density at radius 1 is 1.28 bits per heavy atom. The Hall–Kier alpha value is -0.610. The lowest BCUT2D eigenvalue weighted by Gasteiger charge is -2.35. The molecule has 0 unspecified atom stereocenters. The molecule has 2 nitrogen and oxygen atoms in total. The van der Waals surface area contributed by atoms with E-state index in [9.17, 15) is 0 Å². The number of anilines is 1. The van der Waals surface area contributed by atoms with Crippen LogP contribution in [0, 0.1) is 0 Å². The van der Waals surface area contributed by atoms with Crippen molar-refractivity contribution in [1.82, 2.24) is 5.32 Å². The zero-order valence-corrected chi connectivity index (χ0v) is 13.0. The standard InChI is InChI=1S/C14H19BrN2S/c1-14(8-3-2-4-9-14)17-13(18)16-12-7-5-6-11(15)10-12/h5-7,10H,2-4,8-9H2,1H3,(H2,16,17,18). The minimum atomic E-state index is 0.161. The summed E-state index contributed by atoms with van der Waals surface area (Å²) in [5.74, 6) is 0. The Bertz CT molecular complexity index is 428. The molecule has 1 aromatic carbocycles. The Kier molecular flexibility index (Phi) is 4.62. The predicted molar refractivity (Wildman–Crippen MR) is 85.0 cm³/mol. The molecule has 18 heavy (non-hydrogen) atoms. The largest absolute Gasteiger partial charge is 0.357 e. The first-order valence-electron chi connectivity index (χ1n) is 6.42. The van der Waals surface area contributed by atoms with Crippen LogP contribution < -0.4 is 10.6 Å². The van der Waals surface area contributed by atoms with Gasteiger partial charge in [-0.3, -0.25) is 0 Å². The molecule has 0 saturated heterocycles. The van der Waals surface area contributed by atoms with Gasteiger partial charge in [0.1, 0.15) is 0 Å². The molecule has 1 aromatic rings. The van der Waals surface area contributed by atoms with Gasteiger partial charge in [0.15, 0.2) is 5.11 Å². The van der Waals surface area contributed by atoms with E-state index >= 15 is 0 Å². The van der Waals surface area contributed by atoms with Crippen LogP contribution in [-0.2, 0) is 0 Å². The maximum Gasteiger partial charge on any atom is 0.171 e. The molecular weight excluding hydrogens is 308 g/mol. The monoisotopic (exact) mass is 326 g/mol. The van der Waals surface area contributed by atoms with Gasteiger partial charge in [-0.15, -0.1) is 0 Å². The Balaban J connectivity index is 1.92. The lowest BCUT2D eigenvalue weighted by molar-refractivity contribution is 0.292. The highest BCUT2D eigenvalue weighted by molar-refractivity contribution is 9.10. The van der Waals surface area contributed by atoms with E-state index in [1.165, 1.54) is 32.1 Å². The number of rotatable bonds is 2. The Morgan fingerprint density at radius 3 is 2.67 bits per heavy atom. The normalized spacial score (nSPS) is 18.1. The first-order valence-corrected chi connectivity index (χ1v) is 7.62. The van der Waals surface area contributed by atoms with Crippen molar-refractivity contribution in [2.75, 3.05) is 5.32 Å². The second kappa shape index (κ2) is 6.02. The smallest absolute Gasteiger partial charge is 0.171 e. The minimum Gasteiger partial charge on any atom is -0.357 e. The summed E-state index contributed by atoms with van der Waals surface area (Å²) in [4.78, 5) is 0. The first-order chi connectivity index (χ1) is 8.57. The van der Waals surface area contributed by atoms with Gasteiger partial charge in [0.05, 0.1) is 0 Å². The molecule has 0 atom stereocenters. The molecule has 1 saturated carbocycles. The highest BCUT2D eigenvalue weighted by Crippen LogP contribution is 2.27. The molecule has 1 aliphatic carbocycles. The summed E-state index contributed by atoms with van der Waals surface area (Å²) in [5, 5.41) is 7.43. The average molecular weight is 327 g/mol. The number of hydrogen-bond donors (Lipinski definition) is 2. The molecule has 4 heteroatoms. The van der Waals surface area contributed by atoms with E-state index in [0.29, 0.717) is 0 Å². The summed E-state index contributed by atoms with van der Waals surface area (Å²) in [7, 11) is 0. The maximum atomic E-state index is 5.39. The fourth-order valence-electron chi connectivity index (χ4n) is 2.46. The topological polar surface area (TPSA) is 24.1 Å². The van der Waals surface area contributed by atoms with Gasteiger partial charge in [0.2, 0.25) is 0 Å². The summed E-state index contributed by atoms with van der Waals surface area (Å²) in [6, 6.07) is 8.04. The van der Waals surface area contributed by atoms with Crippen molar-refractivity contribution in [3.63, 3.8) is 0 Å². The molecular formula is C14H19BrN2S. The zero-order valence-electron chi connectivity index (χ0n) is 10.6. The molecule has 0 aliphatic heterocycles. The third-order valence-electron chi connectivity index (χ3n) is 3.45. The number of benzene rings is 1. The second-order valence-electron chi connectivity index (χ2n) is 5.21. The van der Waals surface area contributed by atoms with Crippen LogP contribution in [0.15, 0.2) is 28.7 Å². The van der Waals surface area contributed by atoms with Crippen LogP contribution in [-0.4, -0.2) is 10.7 Å². The van der Waals surface area contributed by atoms with Crippen LogP contribution in [0.25, 0.3) is 0 Å².